The van der Waals surface area contributed by atoms with Gasteiger partial charge in [0.15, 0.2) is 0 Å². The van der Waals surface area contributed by atoms with Crippen LogP contribution < -0.4 is 4.90 Å². The molecule has 21 heavy (non-hydrogen) atoms. The molecule has 0 amide bonds. The third-order valence-electron chi connectivity index (χ3n) is 3.17. The van der Waals surface area contributed by atoms with Crippen molar-refractivity contribution in [1.29, 1.82) is 5.26 Å². The van der Waals surface area contributed by atoms with Crippen LogP contribution in [0.2, 0.25) is 0 Å². The van der Waals surface area contributed by atoms with Crippen LogP contribution in [0.1, 0.15) is 19.4 Å². The number of pyridine rings is 1. The fraction of sp³-hybridized carbons (Fsp3) is 0.538. The number of nitro groups is 1. The minimum Gasteiger partial charge on any atom is -0.394 e. The summed E-state index contributed by atoms with van der Waals surface area (Å²) < 4.78 is 5.70. The maximum atomic E-state index is 10.7. The van der Waals surface area contributed by atoms with Crippen LogP contribution in [0.15, 0.2) is 12.3 Å². The number of rotatable bonds is 3. The summed E-state index contributed by atoms with van der Waals surface area (Å²) in [5.74, 6) is 0.373. The number of ether oxygens (including phenoxy) is 1. The molecular weight excluding hydrogens is 276 g/mol. The monoisotopic (exact) mass is 292 g/mol. The van der Waals surface area contributed by atoms with E-state index in [0.29, 0.717) is 18.9 Å². The molecule has 1 aromatic rings. The van der Waals surface area contributed by atoms with E-state index in [2.05, 4.69) is 4.98 Å². The highest BCUT2D eigenvalue weighted by atomic mass is 16.6. The summed E-state index contributed by atoms with van der Waals surface area (Å²) in [7, 11) is 0. The molecule has 1 aliphatic heterocycles. The maximum absolute atomic E-state index is 10.7. The molecule has 1 atom stereocenters. The molecule has 112 valence electrons. The summed E-state index contributed by atoms with van der Waals surface area (Å²) in [6, 6.07) is 3.14. The maximum Gasteiger partial charge on any atom is 0.289 e. The van der Waals surface area contributed by atoms with Crippen LogP contribution in [-0.4, -0.2) is 46.4 Å². The van der Waals surface area contributed by atoms with Gasteiger partial charge in [-0.2, -0.15) is 5.26 Å². The number of hydrogen-bond acceptors (Lipinski definition) is 7. The average Bonchev–Trinajstić information content (AvgIpc) is 2.44. The minimum absolute atomic E-state index is 0.138. The number of aromatic nitrogens is 1. The predicted molar refractivity (Wildman–Crippen MR) is 73.9 cm³/mol. The van der Waals surface area contributed by atoms with E-state index in [1.54, 1.807) is 0 Å². The Morgan fingerprint density at radius 2 is 2.43 bits per heavy atom. The first-order valence-electron chi connectivity index (χ1n) is 6.44. The summed E-state index contributed by atoms with van der Waals surface area (Å²) in [5, 5.41) is 29.2. The van der Waals surface area contributed by atoms with Crippen LogP contribution in [0.25, 0.3) is 0 Å². The standard InChI is InChI=1S/C13H16N4O4/c1-13(2)8-16(6-11(7-18)21-13)12-9(4-14)3-10(5-15-12)17(19)20/h3,5,11,18H,6-8H2,1-2H3. The van der Waals surface area contributed by atoms with Crippen molar-refractivity contribution in [3.8, 4) is 6.07 Å². The highest BCUT2D eigenvalue weighted by Crippen LogP contribution is 2.28. The number of nitriles is 1. The lowest BCUT2D eigenvalue weighted by atomic mass is 10.0. The van der Waals surface area contributed by atoms with Crippen molar-refractivity contribution in [2.75, 3.05) is 24.6 Å². The van der Waals surface area contributed by atoms with Gasteiger partial charge in [0, 0.05) is 19.2 Å². The van der Waals surface area contributed by atoms with Gasteiger partial charge in [0.05, 0.1) is 23.2 Å². The fourth-order valence-corrected chi connectivity index (χ4v) is 2.43. The molecule has 1 N–H and O–H groups in total. The number of aliphatic hydroxyl groups is 1. The molecule has 2 rings (SSSR count). The van der Waals surface area contributed by atoms with Crippen LogP contribution >= 0.6 is 0 Å². The number of anilines is 1. The smallest absolute Gasteiger partial charge is 0.289 e. The van der Waals surface area contributed by atoms with Crippen molar-refractivity contribution in [3.05, 3.63) is 27.9 Å². The molecule has 8 heteroatoms. The molecule has 1 aromatic heterocycles. The van der Waals surface area contributed by atoms with Gasteiger partial charge in [0.2, 0.25) is 0 Å². The molecule has 0 radical (unpaired) electrons. The average molecular weight is 292 g/mol. The van der Waals surface area contributed by atoms with E-state index in [1.165, 1.54) is 6.07 Å². The third kappa shape index (κ3) is 3.26. The fourth-order valence-electron chi connectivity index (χ4n) is 2.43. The van der Waals surface area contributed by atoms with E-state index < -0.39 is 16.6 Å². The lowest BCUT2D eigenvalue weighted by Gasteiger charge is -2.43. The Balaban J connectivity index is 2.37. The molecule has 0 bridgehead atoms. The van der Waals surface area contributed by atoms with Gasteiger partial charge in [-0.1, -0.05) is 0 Å². The predicted octanol–water partition coefficient (Wildman–Crippen LogP) is 0.838. The summed E-state index contributed by atoms with van der Waals surface area (Å²) in [6.45, 7) is 4.45. The van der Waals surface area contributed by atoms with E-state index in [1.807, 2.05) is 24.8 Å². The van der Waals surface area contributed by atoms with Crippen LogP contribution in [-0.2, 0) is 4.74 Å². The Bertz CT molecular complexity index is 596. The Labute approximate surface area is 121 Å². The molecule has 0 saturated carbocycles. The van der Waals surface area contributed by atoms with Gasteiger partial charge in [0.25, 0.3) is 5.69 Å². The van der Waals surface area contributed by atoms with E-state index >= 15 is 0 Å². The van der Waals surface area contributed by atoms with Crippen molar-refractivity contribution in [1.82, 2.24) is 4.98 Å². The van der Waals surface area contributed by atoms with Crippen LogP contribution in [0.3, 0.4) is 0 Å². The number of morpholine rings is 1. The van der Waals surface area contributed by atoms with E-state index in [-0.39, 0.29) is 17.9 Å². The Kier molecular flexibility index (Phi) is 4.06. The lowest BCUT2D eigenvalue weighted by molar-refractivity contribution is -0.385. The Hall–Kier alpha value is -2.24. The van der Waals surface area contributed by atoms with Crippen LogP contribution in [0, 0.1) is 21.4 Å². The van der Waals surface area contributed by atoms with Gasteiger partial charge < -0.3 is 14.7 Å². The van der Waals surface area contributed by atoms with Gasteiger partial charge in [-0.05, 0) is 13.8 Å². The highest BCUT2D eigenvalue weighted by molar-refractivity contribution is 5.57. The summed E-state index contributed by atoms with van der Waals surface area (Å²) in [6.07, 6.45) is 0.740. The third-order valence-corrected chi connectivity index (χ3v) is 3.17. The molecule has 8 nitrogen and oxygen atoms in total. The zero-order valence-corrected chi connectivity index (χ0v) is 11.8. The molecule has 1 aliphatic rings. The molecule has 0 aliphatic carbocycles. The molecule has 0 aromatic carbocycles. The molecule has 1 saturated heterocycles. The number of aliphatic hydroxyl groups excluding tert-OH is 1. The Morgan fingerprint density at radius 3 is 3.00 bits per heavy atom. The SMILES string of the molecule is CC1(C)CN(c2ncc([N+](=O)[O-])cc2C#N)CC(CO)O1. The van der Waals surface area contributed by atoms with Crippen molar-refractivity contribution in [3.63, 3.8) is 0 Å². The first-order valence-corrected chi connectivity index (χ1v) is 6.44. The molecule has 1 fully saturated rings. The topological polar surface area (TPSA) is 113 Å². The lowest BCUT2D eigenvalue weighted by Crippen LogP contribution is -2.54. The highest BCUT2D eigenvalue weighted by Gasteiger charge is 2.34. The number of nitrogens with zero attached hydrogens (tertiary/aromatic N) is 4. The van der Waals surface area contributed by atoms with E-state index in [9.17, 15) is 20.5 Å². The van der Waals surface area contributed by atoms with Gasteiger partial charge in [-0.3, -0.25) is 10.1 Å². The summed E-state index contributed by atoms with van der Waals surface area (Å²) >= 11 is 0. The van der Waals surface area contributed by atoms with Crippen LogP contribution in [0.5, 0.6) is 0 Å². The molecule has 2 heterocycles. The van der Waals surface area contributed by atoms with E-state index in [4.69, 9.17) is 4.74 Å². The van der Waals surface area contributed by atoms with E-state index in [0.717, 1.165) is 6.20 Å². The second-order valence-corrected chi connectivity index (χ2v) is 5.50. The molecule has 1 unspecified atom stereocenters. The van der Waals surface area contributed by atoms with Crippen molar-refractivity contribution in [2.24, 2.45) is 0 Å². The van der Waals surface area contributed by atoms with Crippen molar-refractivity contribution in [2.45, 2.75) is 25.6 Å². The van der Waals surface area contributed by atoms with Crippen LogP contribution in [0.4, 0.5) is 11.5 Å². The van der Waals surface area contributed by atoms with Gasteiger partial charge in [-0.15, -0.1) is 0 Å². The zero-order valence-electron chi connectivity index (χ0n) is 11.8. The van der Waals surface area contributed by atoms with Gasteiger partial charge in [-0.25, -0.2) is 4.98 Å². The summed E-state index contributed by atoms with van der Waals surface area (Å²) in [5.41, 5.74) is -0.595. The first-order chi connectivity index (χ1) is 9.86. The normalized spacial score (nSPS) is 20.9. The summed E-state index contributed by atoms with van der Waals surface area (Å²) in [4.78, 5) is 16.0. The first kappa shape index (κ1) is 15.2. The van der Waals surface area contributed by atoms with Crippen molar-refractivity contribution < 1.29 is 14.8 Å². The zero-order chi connectivity index (χ0) is 15.6. The van der Waals surface area contributed by atoms with Gasteiger partial charge >= 0.3 is 0 Å². The molecular formula is C13H16N4O4. The number of hydrogen-bond donors (Lipinski definition) is 1. The Morgan fingerprint density at radius 1 is 1.71 bits per heavy atom. The second-order valence-electron chi connectivity index (χ2n) is 5.50. The molecule has 0 spiro atoms. The largest absolute Gasteiger partial charge is 0.394 e. The minimum atomic E-state index is -0.586. The van der Waals surface area contributed by atoms with Gasteiger partial charge in [0.1, 0.15) is 23.6 Å². The quantitative estimate of drug-likeness (QED) is 0.648. The second kappa shape index (κ2) is 5.63. The van der Waals surface area contributed by atoms with Crippen molar-refractivity contribution >= 4 is 11.5 Å².